The zero-order valence-corrected chi connectivity index (χ0v) is 11.2. The first kappa shape index (κ1) is 12.1. The molecule has 100 valence electrons. The molecule has 0 aliphatic carbocycles. The van der Waals surface area contributed by atoms with Gasteiger partial charge in [-0.15, -0.1) is 0 Å². The minimum atomic E-state index is 0.617. The second-order valence-corrected chi connectivity index (χ2v) is 5.61. The lowest BCUT2D eigenvalue weighted by atomic mass is 9.95. The van der Waals surface area contributed by atoms with Gasteiger partial charge in [-0.1, -0.05) is 12.1 Å². The Kier molecular flexibility index (Phi) is 3.35. The molecule has 0 bridgehead atoms. The summed E-state index contributed by atoms with van der Waals surface area (Å²) in [6.07, 6.45) is 1.98. The highest BCUT2D eigenvalue weighted by atomic mass is 16.5. The van der Waals surface area contributed by atoms with Crippen LogP contribution in [-0.2, 0) is 13.0 Å². The number of aryl methyl sites for hydroxylation is 1. The number of nitrogens with one attached hydrogen (secondary N) is 1. The summed E-state index contributed by atoms with van der Waals surface area (Å²) in [4.78, 5) is 6.94. The molecule has 1 N–H and O–H groups in total. The number of hydrogen-bond acceptors (Lipinski definition) is 5. The van der Waals surface area contributed by atoms with Gasteiger partial charge in [0, 0.05) is 19.0 Å². The third-order valence-electron chi connectivity index (χ3n) is 4.38. The lowest BCUT2D eigenvalue weighted by Crippen LogP contribution is -2.32. The van der Waals surface area contributed by atoms with Crippen molar-refractivity contribution in [3.8, 4) is 0 Å². The van der Waals surface area contributed by atoms with Crippen LogP contribution < -0.4 is 5.32 Å². The predicted octanol–water partition coefficient (Wildman–Crippen LogP) is 1.06. The average Bonchev–Trinajstić information content (AvgIpc) is 3.02. The zero-order chi connectivity index (χ0) is 12.5. The van der Waals surface area contributed by atoms with Crippen molar-refractivity contribution in [2.24, 2.45) is 11.8 Å². The highest BCUT2D eigenvalue weighted by Gasteiger charge is 2.41. The van der Waals surface area contributed by atoms with Crippen molar-refractivity contribution in [1.29, 1.82) is 0 Å². The van der Waals surface area contributed by atoms with Gasteiger partial charge in [0.25, 0.3) is 0 Å². The van der Waals surface area contributed by atoms with E-state index in [-0.39, 0.29) is 0 Å². The minimum Gasteiger partial charge on any atom is -0.338 e. The maximum absolute atomic E-state index is 5.33. The Hall–Kier alpha value is -0.940. The van der Waals surface area contributed by atoms with Crippen molar-refractivity contribution in [3.05, 3.63) is 11.7 Å². The fourth-order valence-corrected chi connectivity index (χ4v) is 3.32. The van der Waals surface area contributed by atoms with Crippen LogP contribution in [0.25, 0.3) is 0 Å². The van der Waals surface area contributed by atoms with E-state index >= 15 is 0 Å². The van der Waals surface area contributed by atoms with E-state index in [1.54, 1.807) is 0 Å². The number of likely N-dealkylation sites (tertiary alicyclic amines) is 1. The van der Waals surface area contributed by atoms with Crippen molar-refractivity contribution in [2.45, 2.75) is 39.3 Å². The highest BCUT2D eigenvalue weighted by molar-refractivity contribution is 4.98. The number of nitrogens with zero attached hydrogens (tertiary/aromatic N) is 3. The molecule has 3 heterocycles. The molecule has 2 aliphatic rings. The Morgan fingerprint density at radius 3 is 3.11 bits per heavy atom. The number of rotatable bonds is 4. The van der Waals surface area contributed by atoms with E-state index < -0.39 is 0 Å². The molecule has 3 rings (SSSR count). The summed E-state index contributed by atoms with van der Waals surface area (Å²) in [5.41, 5.74) is 0. The van der Waals surface area contributed by atoms with Gasteiger partial charge in [0.05, 0.1) is 6.54 Å². The molecular weight excluding hydrogens is 228 g/mol. The summed E-state index contributed by atoms with van der Waals surface area (Å²) in [6, 6.07) is 0.617. The maximum Gasteiger partial charge on any atom is 0.240 e. The second kappa shape index (κ2) is 4.97. The largest absolute Gasteiger partial charge is 0.338 e. The van der Waals surface area contributed by atoms with Gasteiger partial charge in [-0.2, -0.15) is 4.98 Å². The molecule has 0 aromatic carbocycles. The van der Waals surface area contributed by atoms with E-state index in [0.717, 1.165) is 62.6 Å². The number of fused-ring (bicyclic) bond motifs is 1. The van der Waals surface area contributed by atoms with Crippen LogP contribution in [0.3, 0.4) is 0 Å². The first-order valence-corrected chi connectivity index (χ1v) is 7.04. The molecule has 3 atom stereocenters. The van der Waals surface area contributed by atoms with E-state index in [1.165, 1.54) is 0 Å². The summed E-state index contributed by atoms with van der Waals surface area (Å²) < 4.78 is 5.33. The van der Waals surface area contributed by atoms with Crippen molar-refractivity contribution in [2.75, 3.05) is 19.6 Å². The molecule has 1 aromatic heterocycles. The first-order valence-electron chi connectivity index (χ1n) is 7.04. The summed E-state index contributed by atoms with van der Waals surface area (Å²) in [5, 5.41) is 7.50. The molecule has 2 fully saturated rings. The lowest BCUT2D eigenvalue weighted by molar-refractivity contribution is 0.201. The first-order chi connectivity index (χ1) is 8.78. The van der Waals surface area contributed by atoms with E-state index in [2.05, 4.69) is 34.2 Å². The summed E-state index contributed by atoms with van der Waals surface area (Å²) in [6.45, 7) is 8.74. The topological polar surface area (TPSA) is 54.2 Å². The molecule has 5 nitrogen and oxygen atoms in total. The molecule has 0 saturated carbocycles. The average molecular weight is 250 g/mol. The summed E-state index contributed by atoms with van der Waals surface area (Å²) in [7, 11) is 0. The van der Waals surface area contributed by atoms with Crippen LogP contribution in [0.5, 0.6) is 0 Å². The Morgan fingerprint density at radius 1 is 1.44 bits per heavy atom. The second-order valence-electron chi connectivity index (χ2n) is 5.61. The lowest BCUT2D eigenvalue weighted by Gasteiger charge is -2.22. The van der Waals surface area contributed by atoms with Crippen LogP contribution in [0.2, 0.25) is 0 Å². The van der Waals surface area contributed by atoms with E-state index in [9.17, 15) is 0 Å². The van der Waals surface area contributed by atoms with Crippen LogP contribution in [0.15, 0.2) is 4.52 Å². The van der Waals surface area contributed by atoms with Gasteiger partial charge in [-0.05, 0) is 38.3 Å². The molecule has 3 unspecified atom stereocenters. The number of hydrogen-bond donors (Lipinski definition) is 1. The van der Waals surface area contributed by atoms with Gasteiger partial charge in [0.15, 0.2) is 5.82 Å². The Bertz CT molecular complexity index is 405. The van der Waals surface area contributed by atoms with Crippen molar-refractivity contribution < 1.29 is 4.52 Å². The van der Waals surface area contributed by atoms with Gasteiger partial charge >= 0.3 is 0 Å². The van der Waals surface area contributed by atoms with Crippen LogP contribution in [0.4, 0.5) is 0 Å². The van der Waals surface area contributed by atoms with Crippen molar-refractivity contribution >= 4 is 0 Å². The molecule has 2 saturated heterocycles. The third-order valence-corrected chi connectivity index (χ3v) is 4.38. The van der Waals surface area contributed by atoms with Gasteiger partial charge in [-0.25, -0.2) is 0 Å². The van der Waals surface area contributed by atoms with Crippen molar-refractivity contribution in [3.63, 3.8) is 0 Å². The van der Waals surface area contributed by atoms with E-state index in [1.807, 2.05) is 0 Å². The molecular formula is C13H22N4O. The SMILES string of the molecule is CCCc1noc(CN2CC3CNCC3C2C)n1. The fourth-order valence-electron chi connectivity index (χ4n) is 3.32. The van der Waals surface area contributed by atoms with Gasteiger partial charge < -0.3 is 9.84 Å². The Morgan fingerprint density at radius 2 is 2.33 bits per heavy atom. The standard InChI is InChI=1S/C13H22N4O/c1-3-4-12-15-13(18-16-12)8-17-7-10-5-14-6-11(10)9(17)2/h9-11,14H,3-8H2,1-2H3. The molecule has 2 aliphatic heterocycles. The molecule has 5 heteroatoms. The summed E-state index contributed by atoms with van der Waals surface area (Å²) >= 11 is 0. The molecule has 0 spiro atoms. The van der Waals surface area contributed by atoms with Gasteiger partial charge in [0.1, 0.15) is 0 Å². The molecule has 18 heavy (non-hydrogen) atoms. The van der Waals surface area contributed by atoms with Gasteiger partial charge in [0.2, 0.25) is 5.89 Å². The van der Waals surface area contributed by atoms with Crippen LogP contribution >= 0.6 is 0 Å². The quantitative estimate of drug-likeness (QED) is 0.866. The zero-order valence-electron chi connectivity index (χ0n) is 11.2. The Labute approximate surface area is 108 Å². The molecule has 1 aromatic rings. The van der Waals surface area contributed by atoms with E-state index in [0.29, 0.717) is 6.04 Å². The highest BCUT2D eigenvalue weighted by Crippen LogP contribution is 2.32. The smallest absolute Gasteiger partial charge is 0.240 e. The Balaban J connectivity index is 1.62. The summed E-state index contributed by atoms with van der Waals surface area (Å²) in [5.74, 6) is 3.22. The van der Waals surface area contributed by atoms with Gasteiger partial charge in [-0.3, -0.25) is 4.90 Å². The van der Waals surface area contributed by atoms with Crippen LogP contribution in [0, 0.1) is 11.8 Å². The third kappa shape index (κ3) is 2.17. The normalized spacial score (nSPS) is 32.0. The molecule has 0 amide bonds. The predicted molar refractivity (Wildman–Crippen MR) is 68.0 cm³/mol. The number of aromatic nitrogens is 2. The van der Waals surface area contributed by atoms with Crippen LogP contribution in [0.1, 0.15) is 32.0 Å². The monoisotopic (exact) mass is 250 g/mol. The fraction of sp³-hybridized carbons (Fsp3) is 0.846. The van der Waals surface area contributed by atoms with Crippen molar-refractivity contribution in [1.82, 2.24) is 20.4 Å². The van der Waals surface area contributed by atoms with E-state index in [4.69, 9.17) is 4.52 Å². The maximum atomic E-state index is 5.33. The van der Waals surface area contributed by atoms with Crippen LogP contribution in [-0.4, -0.2) is 40.7 Å². The minimum absolute atomic E-state index is 0.617. The molecule has 0 radical (unpaired) electrons.